The van der Waals surface area contributed by atoms with Crippen LogP contribution < -0.4 is 0 Å². The lowest BCUT2D eigenvalue weighted by Crippen LogP contribution is -1.98. The predicted molar refractivity (Wildman–Crippen MR) is 198 cm³/mol. The number of nitrogens with zero attached hydrogens (tertiary/aromatic N) is 1. The largest absolute Gasteiger partial charge is 0.253 e. The molecule has 2 aliphatic carbocycles. The topological polar surface area (TPSA) is 12.9 Å². The minimum atomic E-state index is 0.583. The molecule has 1 aromatic heterocycles. The van der Waals surface area contributed by atoms with Crippen molar-refractivity contribution in [3.8, 4) is 0 Å². The smallest absolute Gasteiger partial charge is 0.0720 e. The molecule has 0 saturated heterocycles. The van der Waals surface area contributed by atoms with Gasteiger partial charge in [-0.1, -0.05) is 112 Å². The second-order valence-corrected chi connectivity index (χ2v) is 13.0. The summed E-state index contributed by atoms with van der Waals surface area (Å²) in [6.45, 7) is 6.81. The van der Waals surface area contributed by atoms with Gasteiger partial charge in [0.25, 0.3) is 0 Å². The maximum Gasteiger partial charge on any atom is 0.0720 e. The third kappa shape index (κ3) is 12.5. The fourth-order valence-corrected chi connectivity index (χ4v) is 5.80. The van der Waals surface area contributed by atoms with Crippen LogP contribution in [0.25, 0.3) is 10.9 Å². The first-order valence-electron chi connectivity index (χ1n) is 16.2. The summed E-state index contributed by atoms with van der Waals surface area (Å²) in [7, 11) is 0. The molecule has 3 aromatic carbocycles. The van der Waals surface area contributed by atoms with Crippen molar-refractivity contribution in [3.63, 3.8) is 0 Å². The third-order valence-electron chi connectivity index (χ3n) is 8.36. The molecule has 43 heavy (non-hydrogen) atoms. The van der Waals surface area contributed by atoms with Crippen LogP contribution in [-0.4, -0.2) is 17.0 Å². The molecule has 0 spiro atoms. The van der Waals surface area contributed by atoms with Crippen molar-refractivity contribution in [2.75, 3.05) is 12.0 Å². The highest BCUT2D eigenvalue weighted by Crippen LogP contribution is 2.49. The summed E-state index contributed by atoms with van der Waals surface area (Å²) in [5.41, 5.74) is 8.58. The van der Waals surface area contributed by atoms with Crippen molar-refractivity contribution in [2.45, 2.75) is 97.3 Å². The molecule has 6 rings (SSSR count). The van der Waals surface area contributed by atoms with Crippen LogP contribution in [0.2, 0.25) is 5.02 Å². The van der Waals surface area contributed by atoms with Gasteiger partial charge in [-0.2, -0.15) is 25.3 Å². The standard InChI is InChI=1S/C29H30ClN.C6H12S.C3H6.CH4S/c1-21(2)28-12-4-3-10-24(28)11-6-9-22-7-5-8-23(19-22)13-17-27-18-15-25-14-16-26(30)20-29(25)31-27;1-2-6(5-7)3-4-6;1-2-3-1;1-2/h3-5,7-8,10,12,14-16,18-21H,6,9,11,13,17H2,1-2H3;7H,2-5H2,1H3;1-3H2;2H,1H3. The normalized spacial score (nSPS) is 14.0. The summed E-state index contributed by atoms with van der Waals surface area (Å²) < 4.78 is 0. The van der Waals surface area contributed by atoms with Gasteiger partial charge in [-0.25, -0.2) is 0 Å². The summed E-state index contributed by atoms with van der Waals surface area (Å²) in [4.78, 5) is 4.79. The molecular weight excluding hydrogens is 582 g/mol. The van der Waals surface area contributed by atoms with E-state index in [4.69, 9.17) is 16.6 Å². The molecule has 0 aliphatic heterocycles. The van der Waals surface area contributed by atoms with Gasteiger partial charge in [-0.05, 0) is 115 Å². The Kier molecular flexibility index (Phi) is 15.5. The molecule has 0 radical (unpaired) electrons. The SMILES string of the molecule is C1CC1.CC(C)c1ccccc1CCCc1cccc(CCc2ccc3ccc(Cl)cc3n2)c1.CCC1(CS)CC1.CS. The average molecular weight is 634 g/mol. The van der Waals surface area contributed by atoms with Crippen LogP contribution in [0.1, 0.15) is 99.6 Å². The Labute approximate surface area is 278 Å². The van der Waals surface area contributed by atoms with Crippen LogP contribution in [-0.2, 0) is 25.7 Å². The van der Waals surface area contributed by atoms with Gasteiger partial charge in [0, 0.05) is 16.1 Å². The van der Waals surface area contributed by atoms with Gasteiger partial charge in [-0.3, -0.25) is 4.98 Å². The molecular formula is C39H52ClNS2. The Morgan fingerprint density at radius 2 is 1.47 bits per heavy atom. The number of pyridine rings is 1. The molecule has 0 bridgehead atoms. The lowest BCUT2D eigenvalue weighted by atomic mass is 9.93. The molecule has 2 aliphatic rings. The number of aromatic nitrogens is 1. The molecule has 0 unspecified atom stereocenters. The minimum Gasteiger partial charge on any atom is -0.253 e. The molecule has 0 amide bonds. The number of rotatable bonds is 10. The predicted octanol–water partition coefficient (Wildman–Crippen LogP) is 11.8. The van der Waals surface area contributed by atoms with Crippen LogP contribution in [0.15, 0.2) is 78.9 Å². The fraction of sp³-hybridized carbons (Fsp3) is 0.462. The van der Waals surface area contributed by atoms with Crippen LogP contribution in [0.3, 0.4) is 0 Å². The highest BCUT2D eigenvalue weighted by atomic mass is 35.5. The lowest BCUT2D eigenvalue weighted by Gasteiger charge is -2.12. The first-order chi connectivity index (χ1) is 20.9. The summed E-state index contributed by atoms with van der Waals surface area (Å²) in [5, 5.41) is 1.87. The zero-order valence-corrected chi connectivity index (χ0v) is 29.3. The zero-order valence-electron chi connectivity index (χ0n) is 26.8. The first-order valence-corrected chi connectivity index (χ1v) is 18.1. The molecule has 232 valence electrons. The van der Waals surface area contributed by atoms with E-state index < -0.39 is 0 Å². The number of halogens is 1. The molecule has 1 nitrogen and oxygen atoms in total. The molecule has 1 heterocycles. The number of hydrogen-bond donors (Lipinski definition) is 2. The molecule has 2 saturated carbocycles. The van der Waals surface area contributed by atoms with Crippen molar-refractivity contribution in [2.24, 2.45) is 5.41 Å². The minimum absolute atomic E-state index is 0.583. The van der Waals surface area contributed by atoms with Crippen LogP contribution >= 0.6 is 36.9 Å². The number of hydrogen-bond acceptors (Lipinski definition) is 3. The van der Waals surface area contributed by atoms with E-state index in [-0.39, 0.29) is 0 Å². The van der Waals surface area contributed by atoms with Crippen molar-refractivity contribution >= 4 is 47.8 Å². The summed E-state index contributed by atoms with van der Waals surface area (Å²) in [6, 6.07) is 28.1. The van der Waals surface area contributed by atoms with Crippen molar-refractivity contribution in [1.82, 2.24) is 4.98 Å². The Morgan fingerprint density at radius 3 is 2.07 bits per heavy atom. The Hall–Kier alpha value is -1.94. The Morgan fingerprint density at radius 1 is 0.791 bits per heavy atom. The summed E-state index contributed by atoms with van der Waals surface area (Å²) in [6.07, 6.45) is 15.8. The summed E-state index contributed by atoms with van der Waals surface area (Å²) in [5.74, 6) is 1.68. The summed E-state index contributed by atoms with van der Waals surface area (Å²) >= 11 is 13.9. The van der Waals surface area contributed by atoms with E-state index in [0.29, 0.717) is 11.3 Å². The number of aryl methyl sites for hydroxylation is 4. The van der Waals surface area contributed by atoms with Crippen molar-refractivity contribution in [1.29, 1.82) is 0 Å². The fourth-order valence-electron chi connectivity index (χ4n) is 5.09. The second kappa shape index (κ2) is 18.8. The quantitative estimate of drug-likeness (QED) is 0.166. The number of thiol groups is 2. The van der Waals surface area contributed by atoms with Gasteiger partial charge in [0.2, 0.25) is 0 Å². The Balaban J connectivity index is 0.000000352. The average Bonchev–Trinajstić information content (AvgIpc) is 3.96. The van der Waals surface area contributed by atoms with E-state index in [1.54, 1.807) is 6.26 Å². The van der Waals surface area contributed by atoms with Gasteiger partial charge in [0.15, 0.2) is 0 Å². The van der Waals surface area contributed by atoms with Gasteiger partial charge >= 0.3 is 0 Å². The second-order valence-electron chi connectivity index (χ2n) is 12.2. The van der Waals surface area contributed by atoms with E-state index in [2.05, 4.69) is 107 Å². The lowest BCUT2D eigenvalue weighted by molar-refractivity contribution is 0.564. The van der Waals surface area contributed by atoms with E-state index in [9.17, 15) is 0 Å². The molecule has 4 heteroatoms. The molecule has 0 N–H and O–H groups in total. The van der Waals surface area contributed by atoms with E-state index >= 15 is 0 Å². The van der Waals surface area contributed by atoms with E-state index in [1.807, 2.05) is 18.2 Å². The molecule has 2 fully saturated rings. The number of benzene rings is 3. The maximum absolute atomic E-state index is 6.13. The zero-order chi connectivity index (χ0) is 31.1. The van der Waals surface area contributed by atoms with Crippen molar-refractivity contribution < 1.29 is 0 Å². The highest BCUT2D eigenvalue weighted by Gasteiger charge is 2.38. The maximum atomic E-state index is 6.13. The van der Waals surface area contributed by atoms with Gasteiger partial charge in [0.1, 0.15) is 0 Å². The monoisotopic (exact) mass is 633 g/mol. The van der Waals surface area contributed by atoms with Gasteiger partial charge < -0.3 is 0 Å². The molecule has 0 atom stereocenters. The first kappa shape index (κ1) is 35.5. The van der Waals surface area contributed by atoms with Crippen LogP contribution in [0.4, 0.5) is 0 Å². The van der Waals surface area contributed by atoms with Gasteiger partial charge in [-0.15, -0.1) is 0 Å². The highest BCUT2D eigenvalue weighted by molar-refractivity contribution is 7.80. The third-order valence-corrected chi connectivity index (χ3v) is 9.26. The van der Waals surface area contributed by atoms with Crippen LogP contribution in [0.5, 0.6) is 0 Å². The van der Waals surface area contributed by atoms with Gasteiger partial charge in [0.05, 0.1) is 5.52 Å². The Bertz CT molecular complexity index is 1370. The van der Waals surface area contributed by atoms with Crippen molar-refractivity contribution in [3.05, 3.63) is 112 Å². The van der Waals surface area contributed by atoms with E-state index in [1.165, 1.54) is 67.2 Å². The molecule has 4 aromatic rings. The van der Waals surface area contributed by atoms with Crippen LogP contribution in [0, 0.1) is 5.41 Å². The van der Waals surface area contributed by atoms with E-state index in [0.717, 1.165) is 53.1 Å². The number of fused-ring (bicyclic) bond motifs is 1.